The normalized spacial score (nSPS) is 13.7. The summed E-state index contributed by atoms with van der Waals surface area (Å²) in [5.74, 6) is 0.820. The zero-order valence-electron chi connectivity index (χ0n) is 12.2. The molecule has 0 aliphatic heterocycles. The monoisotopic (exact) mass is 334 g/mol. The van der Waals surface area contributed by atoms with Gasteiger partial charge in [0.2, 0.25) is 0 Å². The predicted octanol–water partition coefficient (Wildman–Crippen LogP) is 5.59. The average molecular weight is 335 g/mol. The minimum Gasteiger partial charge on any atom is -0.497 e. The van der Waals surface area contributed by atoms with Crippen LogP contribution in [0.5, 0.6) is 5.75 Å². The number of ether oxygens (including phenoxy) is 2. The SMILES string of the molecule is CCCCO/C(Cl)=C(/CC)P(Cl)c1ccc(OC)cc1. The Balaban J connectivity index is 2.83. The molecular weight excluding hydrogens is 314 g/mol. The Morgan fingerprint density at radius 2 is 1.85 bits per heavy atom. The highest BCUT2D eigenvalue weighted by Gasteiger charge is 2.17. The number of allylic oxidation sites excluding steroid dienone is 1. The zero-order chi connectivity index (χ0) is 15.0. The van der Waals surface area contributed by atoms with Crippen molar-refractivity contribution in [3.05, 3.63) is 34.8 Å². The van der Waals surface area contributed by atoms with Gasteiger partial charge in [-0.25, -0.2) is 0 Å². The van der Waals surface area contributed by atoms with Gasteiger partial charge in [0.05, 0.1) is 21.0 Å². The number of benzene rings is 1. The first-order chi connectivity index (χ1) is 9.63. The Labute approximate surface area is 132 Å². The second-order valence-electron chi connectivity index (χ2n) is 4.25. The molecule has 0 aromatic heterocycles. The van der Waals surface area contributed by atoms with Crippen LogP contribution in [-0.2, 0) is 4.74 Å². The van der Waals surface area contributed by atoms with Crippen LogP contribution in [0.15, 0.2) is 34.8 Å². The van der Waals surface area contributed by atoms with E-state index in [-0.39, 0.29) is 0 Å². The fourth-order valence-electron chi connectivity index (χ4n) is 1.61. The van der Waals surface area contributed by atoms with E-state index in [0.717, 1.165) is 35.6 Å². The predicted molar refractivity (Wildman–Crippen MR) is 89.4 cm³/mol. The second kappa shape index (κ2) is 9.50. The molecule has 1 unspecified atom stereocenters. The molecule has 1 aromatic rings. The van der Waals surface area contributed by atoms with E-state index in [2.05, 4.69) is 6.92 Å². The Morgan fingerprint density at radius 1 is 1.20 bits per heavy atom. The number of hydrogen-bond donors (Lipinski definition) is 0. The van der Waals surface area contributed by atoms with Gasteiger partial charge >= 0.3 is 0 Å². The van der Waals surface area contributed by atoms with Crippen molar-refractivity contribution in [1.29, 1.82) is 0 Å². The second-order valence-corrected chi connectivity index (χ2v) is 7.23. The highest BCUT2D eigenvalue weighted by molar-refractivity contribution is 7.93. The molecular formula is C15H21Cl2O2P. The van der Waals surface area contributed by atoms with Crippen molar-refractivity contribution in [2.24, 2.45) is 0 Å². The van der Waals surface area contributed by atoms with Crippen LogP contribution < -0.4 is 10.0 Å². The lowest BCUT2D eigenvalue weighted by Crippen LogP contribution is -2.01. The Morgan fingerprint density at radius 3 is 2.35 bits per heavy atom. The third-order valence-electron chi connectivity index (χ3n) is 2.82. The number of halogens is 2. The molecule has 1 aromatic carbocycles. The van der Waals surface area contributed by atoms with Crippen molar-refractivity contribution < 1.29 is 9.47 Å². The van der Waals surface area contributed by atoms with Gasteiger partial charge in [-0.1, -0.05) is 31.5 Å². The number of rotatable bonds is 8. The van der Waals surface area contributed by atoms with Crippen LogP contribution in [0.1, 0.15) is 33.1 Å². The molecule has 0 saturated carbocycles. The average Bonchev–Trinajstić information content (AvgIpc) is 2.48. The highest BCUT2D eigenvalue weighted by atomic mass is 35.7. The molecule has 0 N–H and O–H groups in total. The van der Waals surface area contributed by atoms with Gasteiger partial charge in [-0.15, -0.1) is 0 Å². The van der Waals surface area contributed by atoms with Gasteiger partial charge in [0.25, 0.3) is 0 Å². The molecule has 0 heterocycles. The fraction of sp³-hybridized carbons (Fsp3) is 0.467. The van der Waals surface area contributed by atoms with Crippen molar-refractivity contribution in [2.75, 3.05) is 13.7 Å². The van der Waals surface area contributed by atoms with E-state index in [9.17, 15) is 0 Å². The van der Waals surface area contributed by atoms with Gasteiger partial charge in [-0.05, 0) is 54.0 Å². The zero-order valence-corrected chi connectivity index (χ0v) is 14.6. The van der Waals surface area contributed by atoms with Crippen LogP contribution >= 0.6 is 30.1 Å². The molecule has 0 radical (unpaired) electrons. The van der Waals surface area contributed by atoms with E-state index in [1.807, 2.05) is 31.2 Å². The molecule has 0 amide bonds. The molecule has 20 heavy (non-hydrogen) atoms. The van der Waals surface area contributed by atoms with Crippen molar-refractivity contribution in [2.45, 2.75) is 33.1 Å². The lowest BCUT2D eigenvalue weighted by molar-refractivity contribution is 0.229. The standard InChI is InChI=1S/C15H21Cl2O2P/c1-4-6-11-19-15(16)14(5-2)20(17)13-9-7-12(18-3)8-10-13/h7-10H,4-6,11H2,1-3H3/b15-14-. The Hall–Kier alpha value is -0.430. The summed E-state index contributed by atoms with van der Waals surface area (Å²) >= 11 is 12.8. The first-order valence-electron chi connectivity index (χ1n) is 6.75. The molecule has 2 nitrogen and oxygen atoms in total. The van der Waals surface area contributed by atoms with E-state index < -0.39 is 7.27 Å². The van der Waals surface area contributed by atoms with E-state index in [1.54, 1.807) is 7.11 Å². The van der Waals surface area contributed by atoms with Crippen molar-refractivity contribution in [3.8, 4) is 5.75 Å². The lowest BCUT2D eigenvalue weighted by Gasteiger charge is -2.16. The molecule has 0 fully saturated rings. The minimum absolute atomic E-state index is 0.456. The van der Waals surface area contributed by atoms with Crippen molar-refractivity contribution in [3.63, 3.8) is 0 Å². The summed E-state index contributed by atoms with van der Waals surface area (Å²) in [4.78, 5) is 0. The molecule has 5 heteroatoms. The molecule has 0 aliphatic carbocycles. The fourth-order valence-corrected chi connectivity index (χ4v) is 4.35. The van der Waals surface area contributed by atoms with Crippen LogP contribution in [0.25, 0.3) is 0 Å². The molecule has 112 valence electrons. The summed E-state index contributed by atoms with van der Waals surface area (Å²) < 4.78 is 10.7. The summed E-state index contributed by atoms with van der Waals surface area (Å²) in [6.07, 6.45) is 2.86. The topological polar surface area (TPSA) is 18.5 Å². The molecule has 0 bridgehead atoms. The maximum absolute atomic E-state index is 6.58. The third kappa shape index (κ3) is 5.16. The Bertz CT molecular complexity index is 432. The largest absolute Gasteiger partial charge is 0.497 e. The molecule has 0 saturated heterocycles. The van der Waals surface area contributed by atoms with E-state index in [0.29, 0.717) is 11.8 Å². The quantitative estimate of drug-likeness (QED) is 0.350. The number of hydrogen-bond acceptors (Lipinski definition) is 2. The van der Waals surface area contributed by atoms with Crippen LogP contribution in [0.2, 0.25) is 0 Å². The Kier molecular flexibility index (Phi) is 8.37. The lowest BCUT2D eigenvalue weighted by atomic mass is 10.3. The van der Waals surface area contributed by atoms with Crippen molar-refractivity contribution in [1.82, 2.24) is 0 Å². The van der Waals surface area contributed by atoms with E-state index >= 15 is 0 Å². The summed E-state index contributed by atoms with van der Waals surface area (Å²) in [5, 5.41) is 2.49. The highest BCUT2D eigenvalue weighted by Crippen LogP contribution is 2.52. The maximum atomic E-state index is 6.58. The first kappa shape index (κ1) is 17.6. The van der Waals surface area contributed by atoms with Gasteiger partial charge in [0, 0.05) is 5.31 Å². The minimum atomic E-state index is -0.977. The van der Waals surface area contributed by atoms with E-state index in [4.69, 9.17) is 32.3 Å². The number of unbranched alkanes of at least 4 members (excludes halogenated alkanes) is 1. The van der Waals surface area contributed by atoms with Crippen LogP contribution in [0, 0.1) is 0 Å². The van der Waals surface area contributed by atoms with Crippen molar-refractivity contribution >= 4 is 35.4 Å². The molecule has 1 atom stereocenters. The van der Waals surface area contributed by atoms with Crippen LogP contribution in [-0.4, -0.2) is 13.7 Å². The molecule has 0 aliphatic rings. The smallest absolute Gasteiger partial charge is 0.192 e. The maximum Gasteiger partial charge on any atom is 0.192 e. The van der Waals surface area contributed by atoms with Gasteiger partial charge < -0.3 is 9.47 Å². The summed E-state index contributed by atoms with van der Waals surface area (Å²) in [5.41, 5.74) is 0. The third-order valence-corrected chi connectivity index (χ3v) is 6.24. The summed E-state index contributed by atoms with van der Waals surface area (Å²) in [6, 6.07) is 7.77. The van der Waals surface area contributed by atoms with Gasteiger partial charge in [0.15, 0.2) is 5.22 Å². The molecule has 1 rings (SSSR count). The van der Waals surface area contributed by atoms with Crippen LogP contribution in [0.3, 0.4) is 0 Å². The van der Waals surface area contributed by atoms with Crippen LogP contribution in [0.4, 0.5) is 0 Å². The summed E-state index contributed by atoms with van der Waals surface area (Å²) in [7, 11) is 0.670. The number of methoxy groups -OCH3 is 1. The van der Waals surface area contributed by atoms with Gasteiger partial charge in [0.1, 0.15) is 5.75 Å². The van der Waals surface area contributed by atoms with Gasteiger partial charge in [-0.3, -0.25) is 0 Å². The summed E-state index contributed by atoms with van der Waals surface area (Å²) in [6.45, 7) is 4.80. The van der Waals surface area contributed by atoms with E-state index in [1.165, 1.54) is 0 Å². The van der Waals surface area contributed by atoms with Gasteiger partial charge in [-0.2, -0.15) is 0 Å². The first-order valence-corrected chi connectivity index (χ1v) is 9.37. The molecule has 0 spiro atoms.